The summed E-state index contributed by atoms with van der Waals surface area (Å²) in [5.41, 5.74) is 8.11. The quantitative estimate of drug-likeness (QED) is 0.568. The molecule has 0 saturated heterocycles. The minimum Gasteiger partial charge on any atom is -0.393 e. The molecule has 0 saturated carbocycles. The number of aromatic nitrogens is 6. The molecule has 0 radical (unpaired) electrons. The number of aryl methyl sites for hydroxylation is 1. The summed E-state index contributed by atoms with van der Waals surface area (Å²) in [4.78, 5) is 11.0. The fourth-order valence-corrected chi connectivity index (χ4v) is 2.89. The Morgan fingerprint density at radius 3 is 2.96 bits per heavy atom. The Morgan fingerprint density at radius 1 is 1.33 bits per heavy atom. The summed E-state index contributed by atoms with van der Waals surface area (Å²) in [7, 11) is 1.81. The van der Waals surface area contributed by atoms with Gasteiger partial charge >= 0.3 is 0 Å². The van der Waals surface area contributed by atoms with E-state index in [1.165, 1.54) is 0 Å². The molecule has 0 spiro atoms. The van der Waals surface area contributed by atoms with Gasteiger partial charge in [0, 0.05) is 13.6 Å². The van der Waals surface area contributed by atoms with Gasteiger partial charge in [-0.15, -0.1) is 0 Å². The van der Waals surface area contributed by atoms with Crippen LogP contribution in [-0.4, -0.2) is 52.9 Å². The van der Waals surface area contributed by atoms with E-state index in [1.807, 2.05) is 16.6 Å². The molecule has 3 aromatic heterocycles. The van der Waals surface area contributed by atoms with E-state index in [9.17, 15) is 5.11 Å². The molecule has 0 bridgehead atoms. The molecule has 10 heteroatoms. The first-order chi connectivity index (χ1) is 11.6. The Hall–Kier alpha value is -2.72. The average molecular weight is 330 g/mol. The van der Waals surface area contributed by atoms with Gasteiger partial charge in [-0.1, -0.05) is 0 Å². The zero-order chi connectivity index (χ0) is 16.8. The monoisotopic (exact) mass is 330 g/mol. The van der Waals surface area contributed by atoms with E-state index >= 15 is 0 Å². The van der Waals surface area contributed by atoms with Crippen LogP contribution < -0.4 is 10.6 Å². The van der Waals surface area contributed by atoms with Gasteiger partial charge in [-0.05, 0) is 6.07 Å². The number of aliphatic hydroxyl groups excluding tert-OH is 2. The number of hydrogen-bond donors (Lipinski definition) is 3. The summed E-state index contributed by atoms with van der Waals surface area (Å²) < 4.78 is 3.50. The molecule has 1 unspecified atom stereocenters. The molecule has 1 atom stereocenters. The number of hydrogen-bond acceptors (Lipinski definition) is 8. The summed E-state index contributed by atoms with van der Waals surface area (Å²) in [6, 6.07) is 1.79. The number of nitrogen functional groups attached to an aromatic ring is 1. The van der Waals surface area contributed by atoms with E-state index in [0.29, 0.717) is 42.7 Å². The van der Waals surface area contributed by atoms with Crippen LogP contribution in [0.15, 0.2) is 12.3 Å². The summed E-state index contributed by atoms with van der Waals surface area (Å²) in [5.74, 6) is 0.943. The smallest absolute Gasteiger partial charge is 0.229 e. The highest BCUT2D eigenvalue weighted by atomic mass is 16.3. The highest BCUT2D eigenvalue weighted by molar-refractivity contribution is 5.86. The third-order valence-electron chi connectivity index (χ3n) is 4.22. The third-order valence-corrected chi connectivity index (χ3v) is 4.22. The molecule has 1 aliphatic heterocycles. The van der Waals surface area contributed by atoms with Gasteiger partial charge in [-0.2, -0.15) is 20.2 Å². The third kappa shape index (κ3) is 2.27. The Morgan fingerprint density at radius 2 is 2.17 bits per heavy atom. The fourth-order valence-electron chi connectivity index (χ4n) is 2.89. The van der Waals surface area contributed by atoms with E-state index in [2.05, 4.69) is 20.2 Å². The van der Waals surface area contributed by atoms with Gasteiger partial charge in [0.25, 0.3) is 0 Å². The van der Waals surface area contributed by atoms with E-state index in [-0.39, 0.29) is 6.61 Å². The SMILES string of the molecule is Cn1ncc2c(N)nc(N3CCn4nc(C(O)CO)cc4C3)nc21. The normalized spacial score (nSPS) is 15.7. The largest absolute Gasteiger partial charge is 0.393 e. The van der Waals surface area contributed by atoms with Crippen molar-refractivity contribution in [3.8, 4) is 0 Å². The first kappa shape index (κ1) is 14.8. The molecule has 4 rings (SSSR count). The standard InChI is InChI=1S/C14H18N8O2/c1-20-13-9(5-16-20)12(15)17-14(18-13)21-2-3-22-8(6-21)4-10(19-22)11(24)7-23/h4-5,11,23-24H,2-3,6-7H2,1H3,(H2,15,17,18). The predicted octanol–water partition coefficient (Wildman–Crippen LogP) is -0.812. The van der Waals surface area contributed by atoms with Gasteiger partial charge < -0.3 is 20.8 Å². The number of anilines is 2. The Bertz CT molecular complexity index is 902. The van der Waals surface area contributed by atoms with Crippen LogP contribution in [-0.2, 0) is 20.1 Å². The van der Waals surface area contributed by atoms with E-state index < -0.39 is 6.10 Å². The molecule has 24 heavy (non-hydrogen) atoms. The van der Waals surface area contributed by atoms with Crippen LogP contribution in [0.1, 0.15) is 17.5 Å². The molecule has 10 nitrogen and oxygen atoms in total. The van der Waals surface area contributed by atoms with Crippen LogP contribution in [0.25, 0.3) is 11.0 Å². The predicted molar refractivity (Wildman–Crippen MR) is 86.0 cm³/mol. The van der Waals surface area contributed by atoms with Crippen molar-refractivity contribution in [1.82, 2.24) is 29.5 Å². The second-order valence-electron chi connectivity index (χ2n) is 5.82. The van der Waals surface area contributed by atoms with E-state index in [1.54, 1.807) is 16.9 Å². The first-order valence-corrected chi connectivity index (χ1v) is 7.62. The lowest BCUT2D eigenvalue weighted by Crippen LogP contribution is -2.35. The van der Waals surface area contributed by atoms with E-state index in [0.717, 1.165) is 11.1 Å². The molecule has 3 aromatic rings. The number of aliphatic hydroxyl groups is 2. The van der Waals surface area contributed by atoms with Crippen molar-refractivity contribution in [2.24, 2.45) is 7.05 Å². The molecule has 0 aromatic carbocycles. The molecule has 4 N–H and O–H groups in total. The minimum absolute atomic E-state index is 0.350. The maximum Gasteiger partial charge on any atom is 0.229 e. The second-order valence-corrected chi connectivity index (χ2v) is 5.82. The van der Waals surface area contributed by atoms with E-state index in [4.69, 9.17) is 10.8 Å². The van der Waals surface area contributed by atoms with Gasteiger partial charge in [0.15, 0.2) is 5.65 Å². The molecular weight excluding hydrogens is 312 g/mol. The highest BCUT2D eigenvalue weighted by Crippen LogP contribution is 2.24. The molecule has 4 heterocycles. The summed E-state index contributed by atoms with van der Waals surface area (Å²) >= 11 is 0. The molecule has 1 aliphatic rings. The number of nitrogens with zero attached hydrogens (tertiary/aromatic N) is 7. The van der Waals surface area contributed by atoms with Crippen LogP contribution in [0.2, 0.25) is 0 Å². The molecular formula is C14H18N8O2. The fraction of sp³-hybridized carbons (Fsp3) is 0.429. The lowest BCUT2D eigenvalue weighted by Gasteiger charge is -2.27. The maximum absolute atomic E-state index is 9.73. The number of nitrogens with two attached hydrogens (primary N) is 1. The molecule has 0 fully saturated rings. The van der Waals surface area contributed by atoms with Crippen molar-refractivity contribution in [3.63, 3.8) is 0 Å². The van der Waals surface area contributed by atoms with Crippen LogP contribution in [0.4, 0.5) is 11.8 Å². The van der Waals surface area contributed by atoms with Crippen LogP contribution in [0, 0.1) is 0 Å². The van der Waals surface area contributed by atoms with Crippen molar-refractivity contribution in [2.75, 3.05) is 23.8 Å². The zero-order valence-electron chi connectivity index (χ0n) is 13.2. The lowest BCUT2D eigenvalue weighted by molar-refractivity contribution is 0.0916. The Kier molecular flexibility index (Phi) is 3.36. The lowest BCUT2D eigenvalue weighted by atomic mass is 10.2. The van der Waals surface area contributed by atoms with Crippen LogP contribution in [0.5, 0.6) is 0 Å². The maximum atomic E-state index is 9.73. The van der Waals surface area contributed by atoms with Crippen molar-refractivity contribution in [1.29, 1.82) is 0 Å². The van der Waals surface area contributed by atoms with Crippen molar-refractivity contribution >= 4 is 22.8 Å². The van der Waals surface area contributed by atoms with Crippen LogP contribution >= 0.6 is 0 Å². The first-order valence-electron chi connectivity index (χ1n) is 7.62. The number of fused-ring (bicyclic) bond motifs is 2. The highest BCUT2D eigenvalue weighted by Gasteiger charge is 2.23. The minimum atomic E-state index is -0.964. The van der Waals surface area contributed by atoms with Gasteiger partial charge in [0.2, 0.25) is 5.95 Å². The van der Waals surface area contributed by atoms with Gasteiger partial charge in [-0.25, -0.2) is 0 Å². The number of rotatable bonds is 3. The van der Waals surface area contributed by atoms with Gasteiger partial charge in [0.1, 0.15) is 11.9 Å². The summed E-state index contributed by atoms with van der Waals surface area (Å²) in [6.07, 6.45) is 0.691. The Labute approximate surface area is 137 Å². The summed E-state index contributed by atoms with van der Waals surface area (Å²) in [5, 5.41) is 28.0. The molecule has 0 aliphatic carbocycles. The van der Waals surface area contributed by atoms with Gasteiger partial charge in [0.05, 0.1) is 42.7 Å². The topological polar surface area (TPSA) is 131 Å². The summed E-state index contributed by atoms with van der Waals surface area (Å²) in [6.45, 7) is 1.51. The van der Waals surface area contributed by atoms with Crippen molar-refractivity contribution in [2.45, 2.75) is 19.2 Å². The molecule has 0 amide bonds. The zero-order valence-corrected chi connectivity index (χ0v) is 13.2. The van der Waals surface area contributed by atoms with Crippen molar-refractivity contribution in [3.05, 3.63) is 23.7 Å². The second kappa shape index (κ2) is 5.42. The average Bonchev–Trinajstić information content (AvgIpc) is 3.17. The van der Waals surface area contributed by atoms with Gasteiger partial charge in [-0.3, -0.25) is 9.36 Å². The van der Waals surface area contributed by atoms with Crippen molar-refractivity contribution < 1.29 is 10.2 Å². The Balaban J connectivity index is 1.67. The molecule has 126 valence electrons. The van der Waals surface area contributed by atoms with Crippen LogP contribution in [0.3, 0.4) is 0 Å².